The molecule has 0 saturated carbocycles. The summed E-state index contributed by atoms with van der Waals surface area (Å²) < 4.78 is 5.96. The molecule has 1 aliphatic rings. The Balaban J connectivity index is 0.00000156. The van der Waals surface area contributed by atoms with Crippen LogP contribution in [0.1, 0.15) is 18.7 Å². The van der Waals surface area contributed by atoms with E-state index in [0.29, 0.717) is 0 Å². The molecule has 1 aromatic heterocycles. The van der Waals surface area contributed by atoms with Crippen molar-refractivity contribution in [3.8, 4) is 16.9 Å². The highest BCUT2D eigenvalue weighted by Gasteiger charge is 2.27. The van der Waals surface area contributed by atoms with Crippen molar-refractivity contribution >= 4 is 15.9 Å². The summed E-state index contributed by atoms with van der Waals surface area (Å²) in [5, 5.41) is 0. The molecule has 2 heterocycles. The van der Waals surface area contributed by atoms with E-state index < -0.39 is 0 Å². The molecule has 118 valence electrons. The first-order valence-corrected chi connectivity index (χ1v) is 8.58. The lowest BCUT2D eigenvalue weighted by atomic mass is 10.1. The van der Waals surface area contributed by atoms with Gasteiger partial charge in [-0.05, 0) is 37.1 Å². The number of aromatic nitrogens is 2. The van der Waals surface area contributed by atoms with Crippen LogP contribution in [-0.4, -0.2) is 4.57 Å². The number of aryl methyl sites for hydroxylation is 1. The third-order valence-corrected chi connectivity index (χ3v) is 4.84. The van der Waals surface area contributed by atoms with Gasteiger partial charge >= 0.3 is 0 Å². The second-order valence-electron chi connectivity index (χ2n) is 5.76. The largest absolute Gasteiger partial charge is 1.00 e. The minimum atomic E-state index is 0. The maximum Gasteiger partial charge on any atom is 0.262 e. The summed E-state index contributed by atoms with van der Waals surface area (Å²) in [6.07, 6.45) is 6.00. The molecular formula is C19H18Br2N2. The fraction of sp³-hybridized carbons (Fsp3) is 0.211. The van der Waals surface area contributed by atoms with E-state index in [4.69, 9.17) is 0 Å². The molecule has 2 aromatic carbocycles. The van der Waals surface area contributed by atoms with Gasteiger partial charge in [-0.1, -0.05) is 46.3 Å². The smallest absolute Gasteiger partial charge is 0.262 e. The van der Waals surface area contributed by atoms with Crippen LogP contribution < -0.4 is 21.5 Å². The highest BCUT2D eigenvalue weighted by molar-refractivity contribution is 9.10. The van der Waals surface area contributed by atoms with E-state index >= 15 is 0 Å². The molecule has 0 atom stereocenters. The Kier molecular flexibility index (Phi) is 5.02. The van der Waals surface area contributed by atoms with Gasteiger partial charge in [-0.25, -0.2) is 4.57 Å². The number of hydrogen-bond acceptors (Lipinski definition) is 0. The molecule has 0 aliphatic carbocycles. The minimum Gasteiger partial charge on any atom is -1.00 e. The highest BCUT2D eigenvalue weighted by atomic mass is 79.9. The Morgan fingerprint density at radius 1 is 0.913 bits per heavy atom. The van der Waals surface area contributed by atoms with Crippen molar-refractivity contribution in [1.82, 2.24) is 4.57 Å². The molecule has 0 unspecified atom stereocenters. The fourth-order valence-electron chi connectivity index (χ4n) is 3.25. The second kappa shape index (κ2) is 7.02. The molecule has 3 aromatic rings. The predicted molar refractivity (Wildman–Crippen MR) is 92.0 cm³/mol. The van der Waals surface area contributed by atoms with E-state index in [0.717, 1.165) is 17.4 Å². The molecule has 23 heavy (non-hydrogen) atoms. The number of nitrogens with zero attached hydrogens (tertiary/aromatic N) is 2. The summed E-state index contributed by atoms with van der Waals surface area (Å²) in [5.74, 6) is 1.41. The minimum absolute atomic E-state index is 0. The number of hydrogen-bond donors (Lipinski definition) is 0. The molecule has 0 spiro atoms. The quantitative estimate of drug-likeness (QED) is 0.542. The molecule has 0 amide bonds. The van der Waals surface area contributed by atoms with E-state index in [2.05, 4.69) is 85.9 Å². The summed E-state index contributed by atoms with van der Waals surface area (Å²) in [6, 6.07) is 19.3. The highest BCUT2D eigenvalue weighted by Crippen LogP contribution is 2.27. The first kappa shape index (κ1) is 16.5. The number of halogens is 2. The van der Waals surface area contributed by atoms with Gasteiger partial charge < -0.3 is 17.0 Å². The molecule has 0 N–H and O–H groups in total. The molecular weight excluding hydrogens is 416 g/mol. The van der Waals surface area contributed by atoms with Gasteiger partial charge in [0.05, 0.1) is 6.54 Å². The average molecular weight is 434 g/mol. The van der Waals surface area contributed by atoms with Crippen molar-refractivity contribution < 1.29 is 21.5 Å². The summed E-state index contributed by atoms with van der Waals surface area (Å²) in [4.78, 5) is 0. The van der Waals surface area contributed by atoms with Gasteiger partial charge in [0.1, 0.15) is 11.9 Å². The van der Waals surface area contributed by atoms with Gasteiger partial charge in [-0.2, -0.15) is 4.57 Å². The Morgan fingerprint density at radius 2 is 1.65 bits per heavy atom. The lowest BCUT2D eigenvalue weighted by Crippen LogP contribution is -3.00. The first-order valence-electron chi connectivity index (χ1n) is 7.78. The van der Waals surface area contributed by atoms with Crippen molar-refractivity contribution in [1.29, 1.82) is 0 Å². The van der Waals surface area contributed by atoms with Gasteiger partial charge in [-0.15, -0.1) is 0 Å². The number of benzene rings is 2. The van der Waals surface area contributed by atoms with E-state index in [1.54, 1.807) is 0 Å². The lowest BCUT2D eigenvalue weighted by Gasteiger charge is -2.10. The zero-order chi connectivity index (χ0) is 14.9. The summed E-state index contributed by atoms with van der Waals surface area (Å²) >= 11 is 3.53. The Morgan fingerprint density at radius 3 is 2.39 bits per heavy atom. The molecule has 0 fully saturated rings. The van der Waals surface area contributed by atoms with E-state index in [9.17, 15) is 0 Å². The first-order chi connectivity index (χ1) is 10.8. The second-order valence-corrected chi connectivity index (χ2v) is 6.67. The average Bonchev–Trinajstić information content (AvgIpc) is 2.96. The number of imidazole rings is 1. The normalized spacial score (nSPS) is 13.3. The van der Waals surface area contributed by atoms with E-state index in [-0.39, 0.29) is 17.0 Å². The van der Waals surface area contributed by atoms with Crippen LogP contribution in [-0.2, 0) is 13.0 Å². The zero-order valence-electron chi connectivity index (χ0n) is 12.8. The maximum absolute atomic E-state index is 3.53. The Labute approximate surface area is 155 Å². The third-order valence-electron chi connectivity index (χ3n) is 4.31. The van der Waals surface area contributed by atoms with Crippen LogP contribution in [0.25, 0.3) is 16.9 Å². The van der Waals surface area contributed by atoms with Crippen LogP contribution in [0.5, 0.6) is 0 Å². The molecule has 0 radical (unpaired) electrons. The summed E-state index contributed by atoms with van der Waals surface area (Å²) in [7, 11) is 0. The van der Waals surface area contributed by atoms with Crippen LogP contribution in [0.4, 0.5) is 0 Å². The lowest BCUT2D eigenvalue weighted by molar-refractivity contribution is -0.708. The van der Waals surface area contributed by atoms with Gasteiger partial charge in [0, 0.05) is 16.5 Å². The molecule has 2 nitrogen and oxygen atoms in total. The molecule has 4 rings (SSSR count). The van der Waals surface area contributed by atoms with Gasteiger partial charge in [-0.3, -0.25) is 0 Å². The van der Waals surface area contributed by atoms with Gasteiger partial charge in [0.2, 0.25) is 0 Å². The molecule has 4 heteroatoms. The van der Waals surface area contributed by atoms with Crippen molar-refractivity contribution in [3.63, 3.8) is 0 Å². The van der Waals surface area contributed by atoms with Crippen molar-refractivity contribution in [2.24, 2.45) is 0 Å². The van der Waals surface area contributed by atoms with Gasteiger partial charge in [0.15, 0.2) is 5.69 Å². The topological polar surface area (TPSA) is 8.81 Å². The predicted octanol–water partition coefficient (Wildman–Crippen LogP) is 1.53. The number of rotatable bonds is 2. The van der Waals surface area contributed by atoms with E-state index in [1.165, 1.54) is 35.6 Å². The molecule has 0 bridgehead atoms. The van der Waals surface area contributed by atoms with Gasteiger partial charge in [0.25, 0.3) is 5.82 Å². The van der Waals surface area contributed by atoms with Crippen LogP contribution in [0, 0.1) is 0 Å². The van der Waals surface area contributed by atoms with Crippen molar-refractivity contribution in [2.75, 3.05) is 0 Å². The monoisotopic (exact) mass is 432 g/mol. The SMILES string of the molecule is Brc1ccc(-n2c(-c3ccccc3)c[n+]3c2CCCC3)cc1.[Br-]. The van der Waals surface area contributed by atoms with Crippen molar-refractivity contribution in [3.05, 3.63) is 71.1 Å². The maximum atomic E-state index is 3.53. The van der Waals surface area contributed by atoms with Crippen LogP contribution >= 0.6 is 15.9 Å². The number of fused-ring (bicyclic) bond motifs is 1. The summed E-state index contributed by atoms with van der Waals surface area (Å²) in [6.45, 7) is 1.12. The van der Waals surface area contributed by atoms with E-state index in [1.807, 2.05) is 0 Å². The Hall–Kier alpha value is -1.39. The Bertz CT molecular complexity index is 792. The third kappa shape index (κ3) is 3.15. The van der Waals surface area contributed by atoms with Crippen LogP contribution in [0.2, 0.25) is 0 Å². The van der Waals surface area contributed by atoms with Crippen LogP contribution in [0.15, 0.2) is 65.3 Å². The standard InChI is InChI=1S/C19H18BrN2.BrH/c20-16-9-11-17(12-10-16)22-18(15-6-2-1-3-7-15)14-21-13-5-4-8-19(21)22;/h1-3,6-7,9-12,14H,4-5,8,13H2;1H/q+1;/p-1. The molecule has 1 aliphatic heterocycles. The molecule has 0 saturated heterocycles. The summed E-state index contributed by atoms with van der Waals surface area (Å²) in [5.41, 5.74) is 3.78. The fourth-order valence-corrected chi connectivity index (χ4v) is 3.52. The zero-order valence-corrected chi connectivity index (χ0v) is 15.9. The van der Waals surface area contributed by atoms with Crippen molar-refractivity contribution in [2.45, 2.75) is 25.8 Å². The van der Waals surface area contributed by atoms with Crippen LogP contribution in [0.3, 0.4) is 0 Å².